The minimum absolute atomic E-state index is 0.0955. The number of benzene rings is 2. The number of nitrogens with zero attached hydrogens (tertiary/aromatic N) is 4. The molecule has 3 heterocycles. The normalized spacial score (nSPS) is 12.9. The van der Waals surface area contributed by atoms with Crippen molar-refractivity contribution in [2.24, 2.45) is 5.73 Å². The molecule has 37 heavy (non-hydrogen) atoms. The van der Waals surface area contributed by atoms with Crippen molar-refractivity contribution >= 4 is 34.2 Å². The van der Waals surface area contributed by atoms with Gasteiger partial charge in [0, 0.05) is 66.2 Å². The molecule has 9 nitrogen and oxygen atoms in total. The molecule has 0 radical (unpaired) electrons. The maximum absolute atomic E-state index is 13.2. The number of hydrogen-bond acceptors (Lipinski definition) is 7. The molecule has 1 aliphatic heterocycles. The van der Waals surface area contributed by atoms with Crippen molar-refractivity contribution in [2.45, 2.75) is 13.1 Å². The van der Waals surface area contributed by atoms with E-state index < -0.39 is 0 Å². The molecule has 0 spiro atoms. The predicted octanol–water partition coefficient (Wildman–Crippen LogP) is 2.83. The Kier molecular flexibility index (Phi) is 6.98. The smallest absolute Gasteiger partial charge is 0.261 e. The van der Waals surface area contributed by atoms with E-state index in [2.05, 4.69) is 15.3 Å². The molecule has 0 bridgehead atoms. The largest absolute Gasteiger partial charge is 0.329 e. The number of rotatable bonds is 9. The van der Waals surface area contributed by atoms with Crippen molar-refractivity contribution in [2.75, 3.05) is 25.0 Å². The number of carbonyl (C=O) groups excluding carboxylic acids is 3. The summed E-state index contributed by atoms with van der Waals surface area (Å²) in [7, 11) is 0. The van der Waals surface area contributed by atoms with Gasteiger partial charge in [-0.25, -0.2) is 0 Å². The number of nitrogens with two attached hydrogens (primary N) is 1. The first-order chi connectivity index (χ1) is 18.0. The topological polar surface area (TPSA) is 122 Å². The van der Waals surface area contributed by atoms with Crippen LogP contribution in [0, 0.1) is 0 Å². The SMILES string of the molecule is NCCN1C(=O)c2cccc3c(NC(=O)CN(Cc4ccccn4)Cc4ccccn4)ccc(c23)C1=O. The predicted molar refractivity (Wildman–Crippen MR) is 140 cm³/mol. The number of pyridine rings is 2. The Morgan fingerprint density at radius 3 is 2.08 bits per heavy atom. The van der Waals surface area contributed by atoms with Gasteiger partial charge < -0.3 is 11.1 Å². The lowest BCUT2D eigenvalue weighted by Gasteiger charge is -2.27. The van der Waals surface area contributed by atoms with Crippen LogP contribution in [0.3, 0.4) is 0 Å². The Hall–Kier alpha value is -4.47. The van der Waals surface area contributed by atoms with E-state index in [1.165, 1.54) is 4.90 Å². The van der Waals surface area contributed by atoms with Crippen LogP contribution in [0.2, 0.25) is 0 Å². The van der Waals surface area contributed by atoms with E-state index in [1.807, 2.05) is 41.3 Å². The molecule has 0 fully saturated rings. The van der Waals surface area contributed by atoms with Gasteiger partial charge >= 0.3 is 0 Å². The minimum atomic E-state index is -0.381. The Morgan fingerprint density at radius 1 is 0.838 bits per heavy atom. The number of carbonyl (C=O) groups is 3. The molecule has 4 aromatic rings. The van der Waals surface area contributed by atoms with Gasteiger partial charge in [-0.1, -0.05) is 24.3 Å². The average molecular weight is 495 g/mol. The third-order valence-electron chi connectivity index (χ3n) is 6.21. The molecule has 3 amide bonds. The van der Waals surface area contributed by atoms with Gasteiger partial charge in [0.2, 0.25) is 5.91 Å². The zero-order valence-corrected chi connectivity index (χ0v) is 20.1. The first kappa shape index (κ1) is 24.2. The summed E-state index contributed by atoms with van der Waals surface area (Å²) in [6.07, 6.45) is 3.45. The summed E-state index contributed by atoms with van der Waals surface area (Å²) in [5, 5.41) is 4.16. The summed E-state index contributed by atoms with van der Waals surface area (Å²) < 4.78 is 0. The number of nitrogens with one attached hydrogen (secondary N) is 1. The highest BCUT2D eigenvalue weighted by Gasteiger charge is 2.32. The minimum Gasteiger partial charge on any atom is -0.329 e. The second-order valence-corrected chi connectivity index (χ2v) is 8.77. The second-order valence-electron chi connectivity index (χ2n) is 8.77. The van der Waals surface area contributed by atoms with Gasteiger partial charge in [0.05, 0.1) is 17.9 Å². The summed E-state index contributed by atoms with van der Waals surface area (Å²) >= 11 is 0. The monoisotopic (exact) mass is 494 g/mol. The number of aromatic nitrogens is 2. The summed E-state index contributed by atoms with van der Waals surface area (Å²) in [5.74, 6) is -0.992. The summed E-state index contributed by atoms with van der Waals surface area (Å²) in [6.45, 7) is 1.36. The zero-order valence-electron chi connectivity index (χ0n) is 20.1. The third-order valence-corrected chi connectivity index (χ3v) is 6.21. The molecule has 5 rings (SSSR count). The maximum Gasteiger partial charge on any atom is 0.261 e. The Balaban J connectivity index is 1.40. The van der Waals surface area contributed by atoms with E-state index in [4.69, 9.17) is 5.73 Å². The molecule has 0 aliphatic carbocycles. The van der Waals surface area contributed by atoms with E-state index in [1.54, 1.807) is 42.7 Å². The number of amides is 3. The van der Waals surface area contributed by atoms with Gasteiger partial charge in [0.25, 0.3) is 11.8 Å². The number of anilines is 1. The van der Waals surface area contributed by atoms with Gasteiger partial charge in [0.1, 0.15) is 0 Å². The number of hydrogen-bond donors (Lipinski definition) is 2. The van der Waals surface area contributed by atoms with Gasteiger partial charge in [-0.15, -0.1) is 0 Å². The highest BCUT2D eigenvalue weighted by Crippen LogP contribution is 2.34. The molecule has 0 unspecified atom stereocenters. The van der Waals surface area contributed by atoms with Crippen LogP contribution >= 0.6 is 0 Å². The van der Waals surface area contributed by atoms with E-state index in [9.17, 15) is 14.4 Å². The number of imide groups is 1. The molecule has 1 aliphatic rings. The van der Waals surface area contributed by atoms with Crippen LogP contribution in [0.5, 0.6) is 0 Å². The molecule has 0 saturated heterocycles. The van der Waals surface area contributed by atoms with Crippen LogP contribution in [0.4, 0.5) is 5.69 Å². The van der Waals surface area contributed by atoms with Crippen LogP contribution in [-0.2, 0) is 17.9 Å². The Bertz CT molecular complexity index is 1400. The van der Waals surface area contributed by atoms with Crippen molar-refractivity contribution in [3.8, 4) is 0 Å². The lowest BCUT2D eigenvalue weighted by molar-refractivity contribution is -0.117. The van der Waals surface area contributed by atoms with Crippen LogP contribution in [-0.4, -0.2) is 57.1 Å². The second kappa shape index (κ2) is 10.7. The molecular weight excluding hydrogens is 468 g/mol. The first-order valence-electron chi connectivity index (χ1n) is 12.0. The molecule has 9 heteroatoms. The summed E-state index contributed by atoms with van der Waals surface area (Å²) in [6, 6.07) is 19.9. The quantitative estimate of drug-likeness (QED) is 0.343. The van der Waals surface area contributed by atoms with E-state index in [0.29, 0.717) is 40.7 Å². The van der Waals surface area contributed by atoms with Crippen molar-refractivity contribution < 1.29 is 14.4 Å². The molecule has 0 atom stereocenters. The molecule has 2 aromatic carbocycles. The highest BCUT2D eigenvalue weighted by molar-refractivity contribution is 6.27. The first-order valence-corrected chi connectivity index (χ1v) is 12.0. The fourth-order valence-electron chi connectivity index (χ4n) is 4.59. The van der Waals surface area contributed by atoms with E-state index in [0.717, 1.165) is 11.4 Å². The van der Waals surface area contributed by atoms with Crippen LogP contribution in [0.15, 0.2) is 79.1 Å². The van der Waals surface area contributed by atoms with Gasteiger partial charge in [-0.05, 0) is 42.5 Å². The fourth-order valence-corrected chi connectivity index (χ4v) is 4.59. The summed E-state index contributed by atoms with van der Waals surface area (Å²) in [4.78, 5) is 51.1. The van der Waals surface area contributed by atoms with Gasteiger partial charge in [-0.2, -0.15) is 0 Å². The van der Waals surface area contributed by atoms with Crippen molar-refractivity contribution in [1.82, 2.24) is 19.8 Å². The molecule has 2 aromatic heterocycles. The van der Waals surface area contributed by atoms with Gasteiger partial charge in [-0.3, -0.25) is 34.2 Å². The lowest BCUT2D eigenvalue weighted by Crippen LogP contribution is -2.43. The third kappa shape index (κ3) is 5.09. The van der Waals surface area contributed by atoms with Crippen molar-refractivity contribution in [3.05, 3.63) is 102 Å². The Labute approximate surface area is 213 Å². The van der Waals surface area contributed by atoms with E-state index in [-0.39, 0.29) is 37.4 Å². The molecule has 186 valence electrons. The van der Waals surface area contributed by atoms with Crippen LogP contribution in [0.25, 0.3) is 10.8 Å². The fraction of sp³-hybridized carbons (Fsp3) is 0.179. The lowest BCUT2D eigenvalue weighted by atomic mass is 9.93. The van der Waals surface area contributed by atoms with E-state index >= 15 is 0 Å². The Morgan fingerprint density at radius 2 is 1.49 bits per heavy atom. The summed E-state index contributed by atoms with van der Waals surface area (Å²) in [5.41, 5.74) is 8.67. The zero-order chi connectivity index (χ0) is 25.8. The van der Waals surface area contributed by atoms with Crippen LogP contribution in [0.1, 0.15) is 32.1 Å². The molecular formula is C28H26N6O3. The van der Waals surface area contributed by atoms with Crippen molar-refractivity contribution in [3.63, 3.8) is 0 Å². The standard InChI is InChI=1S/C28H26N6O3/c29-12-15-34-27(36)22-9-5-8-21-24(11-10-23(26(21)22)28(34)37)32-25(35)18-33(16-19-6-1-3-13-30-19)17-20-7-2-4-14-31-20/h1-11,13-14H,12,15-18,29H2,(H,32,35). The molecule has 0 saturated carbocycles. The van der Waals surface area contributed by atoms with Crippen LogP contribution < -0.4 is 11.1 Å². The van der Waals surface area contributed by atoms with Crippen molar-refractivity contribution in [1.29, 1.82) is 0 Å². The maximum atomic E-state index is 13.2. The average Bonchev–Trinajstić information content (AvgIpc) is 2.91. The highest BCUT2D eigenvalue weighted by atomic mass is 16.2. The molecule has 3 N–H and O–H groups in total. The van der Waals surface area contributed by atoms with Gasteiger partial charge in [0.15, 0.2) is 0 Å².